The van der Waals surface area contributed by atoms with E-state index >= 15 is 0 Å². The molecule has 11 nitrogen and oxygen atoms in total. The minimum atomic E-state index is 0.0893. The molecule has 5 N–H and O–H groups in total. The van der Waals surface area contributed by atoms with Crippen molar-refractivity contribution in [2.45, 2.75) is 329 Å². The van der Waals surface area contributed by atoms with Crippen LogP contribution in [0.3, 0.4) is 0 Å². The zero-order valence-corrected chi connectivity index (χ0v) is 52.7. The first-order valence-electron chi connectivity index (χ1n) is 34.6. The fourth-order valence-corrected chi connectivity index (χ4v) is 10.5. The molecule has 0 aromatic heterocycles. The third kappa shape index (κ3) is 59.9. The topological polar surface area (TPSA) is 135 Å². The molecule has 0 saturated heterocycles. The molecule has 0 aromatic carbocycles. The van der Waals surface area contributed by atoms with E-state index in [1.54, 1.807) is 0 Å². The summed E-state index contributed by atoms with van der Waals surface area (Å²) < 4.78 is 0. The molecule has 0 rings (SSSR count). The fourth-order valence-electron chi connectivity index (χ4n) is 10.5. The maximum absolute atomic E-state index is 13.1. The molecule has 0 bridgehead atoms. The molecule has 4 amide bonds. The van der Waals surface area contributed by atoms with E-state index in [4.69, 9.17) is 0 Å². The van der Waals surface area contributed by atoms with Gasteiger partial charge in [0, 0.05) is 97.7 Å². The molecule has 0 aliphatic heterocycles. The largest absolute Gasteiger partial charge is 0.356 e. The Balaban J connectivity index is 5.14. The monoisotopic (exact) mass is 1100 g/mol. The Hall–Kier alpha value is -2.24. The molecule has 0 fully saturated rings. The van der Waals surface area contributed by atoms with Gasteiger partial charge in [-0.3, -0.25) is 19.2 Å². The van der Waals surface area contributed by atoms with Gasteiger partial charge < -0.3 is 36.4 Å². The van der Waals surface area contributed by atoms with Crippen molar-refractivity contribution in [3.8, 4) is 0 Å². The number of nitrogens with zero attached hydrogens (tertiary/aromatic N) is 2. The normalized spacial score (nSPS) is 11.5. The Labute approximate surface area is 485 Å². The minimum Gasteiger partial charge on any atom is -0.356 e. The Morgan fingerprint density at radius 3 is 0.718 bits per heavy atom. The molecule has 78 heavy (non-hydrogen) atoms. The van der Waals surface area contributed by atoms with Crippen molar-refractivity contribution in [1.29, 1.82) is 0 Å². The second-order valence-corrected chi connectivity index (χ2v) is 23.6. The molecule has 0 radical (unpaired) electrons. The first kappa shape index (κ1) is 75.8. The molecule has 0 atom stereocenters. The summed E-state index contributed by atoms with van der Waals surface area (Å²) >= 11 is 0. The van der Waals surface area contributed by atoms with Crippen LogP contribution in [-0.2, 0) is 19.2 Å². The number of nitrogens with one attached hydrogen (secondary N) is 5. The number of carbonyl (C=O) groups is 4. The lowest BCUT2D eigenvalue weighted by molar-refractivity contribution is -0.122. The highest BCUT2D eigenvalue weighted by Crippen LogP contribution is 2.14. The first-order valence-corrected chi connectivity index (χ1v) is 34.6. The van der Waals surface area contributed by atoms with Crippen LogP contribution in [0.15, 0.2) is 0 Å². The number of hydrogen-bond acceptors (Lipinski definition) is 7. The van der Waals surface area contributed by atoms with Crippen LogP contribution in [0.25, 0.3) is 0 Å². The van der Waals surface area contributed by atoms with Crippen LogP contribution < -0.4 is 26.6 Å². The van der Waals surface area contributed by atoms with Crippen molar-refractivity contribution in [1.82, 2.24) is 36.4 Å². The van der Waals surface area contributed by atoms with Gasteiger partial charge in [0.2, 0.25) is 23.6 Å². The van der Waals surface area contributed by atoms with Crippen LogP contribution in [0.1, 0.15) is 329 Å². The summed E-state index contributed by atoms with van der Waals surface area (Å²) in [5, 5.41) is 16.4. The van der Waals surface area contributed by atoms with E-state index < -0.39 is 0 Å². The second-order valence-electron chi connectivity index (χ2n) is 23.6. The fraction of sp³-hybridized carbons (Fsp3) is 0.940. The highest BCUT2D eigenvalue weighted by molar-refractivity contribution is 5.77. The maximum atomic E-state index is 13.1. The number of unbranched alkanes of at least 4 members (excludes halogenated alkanes) is 38. The van der Waals surface area contributed by atoms with Gasteiger partial charge in [-0.1, -0.05) is 265 Å². The van der Waals surface area contributed by atoms with Gasteiger partial charge in [-0.05, 0) is 45.1 Å². The molecule has 462 valence electrons. The number of hydrogen-bond donors (Lipinski definition) is 5. The third-order valence-corrected chi connectivity index (χ3v) is 16.0. The Kier molecular flexibility index (Phi) is 62.1. The number of carbonyl (C=O) groups excluding carboxylic acids is 4. The van der Waals surface area contributed by atoms with Gasteiger partial charge in [0.15, 0.2) is 0 Å². The average molecular weight is 1100 g/mol. The lowest BCUT2D eigenvalue weighted by Gasteiger charge is -2.28. The van der Waals surface area contributed by atoms with Gasteiger partial charge in [0.25, 0.3) is 0 Å². The molecular formula is C67H135N7O4. The van der Waals surface area contributed by atoms with Crippen LogP contribution in [0.4, 0.5) is 0 Å². The summed E-state index contributed by atoms with van der Waals surface area (Å²) in [5.74, 6) is 0.482. The van der Waals surface area contributed by atoms with E-state index in [-0.39, 0.29) is 23.6 Å². The van der Waals surface area contributed by atoms with Crippen LogP contribution in [-0.4, -0.2) is 112 Å². The average Bonchev–Trinajstić information content (AvgIpc) is 3.44. The van der Waals surface area contributed by atoms with Gasteiger partial charge >= 0.3 is 0 Å². The first-order chi connectivity index (χ1) is 38.4. The van der Waals surface area contributed by atoms with E-state index in [9.17, 15) is 19.2 Å². The van der Waals surface area contributed by atoms with Crippen LogP contribution in [0, 0.1) is 0 Å². The lowest BCUT2D eigenvalue weighted by Crippen LogP contribution is -2.42. The van der Waals surface area contributed by atoms with Crippen molar-refractivity contribution in [3.63, 3.8) is 0 Å². The molecule has 0 spiro atoms. The third-order valence-electron chi connectivity index (χ3n) is 16.0. The van der Waals surface area contributed by atoms with Crippen molar-refractivity contribution in [3.05, 3.63) is 0 Å². The van der Waals surface area contributed by atoms with Gasteiger partial charge in [-0.15, -0.1) is 0 Å². The van der Waals surface area contributed by atoms with Crippen LogP contribution in [0.5, 0.6) is 0 Å². The number of rotatable bonds is 65. The van der Waals surface area contributed by atoms with E-state index in [0.717, 1.165) is 117 Å². The standard InChI is InChI=1S/C67H135N7O4/c1-5-9-13-17-21-25-29-33-37-44-53-69-64(75)48-42-41-43-52-68-57-61-74(60-51-67(78)72-56-47-40-36-32-28-24-20-16-12-8-4)63-62-73(58-49-65(76)70-54-45-38-34-30-26-22-18-14-10-6-2)59-50-66(77)71-55-46-39-35-31-27-23-19-15-11-7-3/h68H,5-63H2,1-4H3,(H,69,75)(H,70,76)(H,71,77)(H,72,78). The van der Waals surface area contributed by atoms with Crippen LogP contribution >= 0.6 is 0 Å². The summed E-state index contributed by atoms with van der Waals surface area (Å²) in [5.41, 5.74) is 0. The van der Waals surface area contributed by atoms with Crippen molar-refractivity contribution < 1.29 is 19.2 Å². The van der Waals surface area contributed by atoms with E-state index in [1.165, 1.54) is 218 Å². The minimum absolute atomic E-state index is 0.0893. The Bertz CT molecular complexity index is 1230. The van der Waals surface area contributed by atoms with Crippen molar-refractivity contribution in [2.24, 2.45) is 0 Å². The summed E-state index contributed by atoms with van der Waals surface area (Å²) in [6.07, 6.45) is 56.3. The highest BCUT2D eigenvalue weighted by Gasteiger charge is 2.15. The van der Waals surface area contributed by atoms with Gasteiger partial charge in [0.1, 0.15) is 0 Å². The zero-order chi connectivity index (χ0) is 56.7. The summed E-state index contributed by atoms with van der Waals surface area (Å²) in [4.78, 5) is 56.5. The predicted octanol–water partition coefficient (Wildman–Crippen LogP) is 16.1. The lowest BCUT2D eigenvalue weighted by atomic mass is 10.1. The molecule has 0 heterocycles. The van der Waals surface area contributed by atoms with Crippen molar-refractivity contribution in [2.75, 3.05) is 78.5 Å². The molecule has 0 saturated carbocycles. The summed E-state index contributed by atoms with van der Waals surface area (Å²) in [6, 6.07) is 0. The Morgan fingerprint density at radius 1 is 0.218 bits per heavy atom. The molecule has 11 heteroatoms. The summed E-state index contributed by atoms with van der Waals surface area (Å²) in [7, 11) is 0. The van der Waals surface area contributed by atoms with Gasteiger partial charge in [0.05, 0.1) is 0 Å². The smallest absolute Gasteiger partial charge is 0.221 e. The highest BCUT2D eigenvalue weighted by atomic mass is 16.2. The second kappa shape index (κ2) is 63.9. The predicted molar refractivity (Wildman–Crippen MR) is 337 cm³/mol. The van der Waals surface area contributed by atoms with Gasteiger partial charge in [-0.25, -0.2) is 0 Å². The molecule has 0 aliphatic carbocycles. The Morgan fingerprint density at radius 2 is 0.436 bits per heavy atom. The van der Waals surface area contributed by atoms with E-state index in [2.05, 4.69) is 64.1 Å². The summed E-state index contributed by atoms with van der Waals surface area (Å²) in [6.45, 7) is 18.0. The quantitative estimate of drug-likeness (QED) is 0.0383. The number of amides is 4. The molecule has 0 aromatic rings. The maximum Gasteiger partial charge on any atom is 0.221 e. The van der Waals surface area contributed by atoms with Crippen LogP contribution in [0.2, 0.25) is 0 Å². The van der Waals surface area contributed by atoms with E-state index in [1.807, 2.05) is 0 Å². The van der Waals surface area contributed by atoms with Gasteiger partial charge in [-0.2, -0.15) is 0 Å². The zero-order valence-electron chi connectivity index (χ0n) is 52.7. The van der Waals surface area contributed by atoms with E-state index in [0.29, 0.717) is 45.3 Å². The molecule has 0 aliphatic rings. The molecular weight excluding hydrogens is 967 g/mol. The van der Waals surface area contributed by atoms with Crippen molar-refractivity contribution >= 4 is 23.6 Å². The molecule has 0 unspecified atom stereocenters. The SMILES string of the molecule is CCCCCCCCCCCCNC(=O)CCCCCNCCN(CCC(=O)NCCCCCCCCCCCC)CCN(CCC(=O)NCCCCCCCCCCCC)CCC(=O)NCCCCCCCCCCCC.